The molecule has 1 aliphatic carbocycles. The zero-order valence-electron chi connectivity index (χ0n) is 16.8. The number of urea groups is 1. The monoisotopic (exact) mass is 450 g/mol. The van der Waals surface area contributed by atoms with Crippen molar-refractivity contribution in [2.45, 2.75) is 25.5 Å². The van der Waals surface area contributed by atoms with Gasteiger partial charge < -0.3 is 20.5 Å². The second-order valence-electron chi connectivity index (χ2n) is 7.46. The largest absolute Gasteiger partial charge is 0.453 e. The molecule has 3 heterocycles. The Morgan fingerprint density at radius 1 is 1.16 bits per heavy atom. The summed E-state index contributed by atoms with van der Waals surface area (Å²) in [5.74, 6) is -0.0624. The van der Waals surface area contributed by atoms with Gasteiger partial charge in [-0.15, -0.1) is 11.3 Å². The Kier molecular flexibility index (Phi) is 5.42. The minimum Gasteiger partial charge on any atom is -0.453 e. The molecule has 0 bridgehead atoms. The van der Waals surface area contributed by atoms with Crippen LogP contribution in [0.5, 0.6) is 11.5 Å². The predicted molar refractivity (Wildman–Crippen MR) is 120 cm³/mol. The molecule has 0 saturated heterocycles. The fourth-order valence-electron chi connectivity index (χ4n) is 3.15. The first-order chi connectivity index (χ1) is 15.6. The number of aliphatic hydroxyl groups is 1. The van der Waals surface area contributed by atoms with Gasteiger partial charge in [0.1, 0.15) is 5.75 Å². The summed E-state index contributed by atoms with van der Waals surface area (Å²) >= 11 is 1.44. The molecule has 2 amide bonds. The summed E-state index contributed by atoms with van der Waals surface area (Å²) in [5, 5.41) is 14.6. The minimum atomic E-state index is -0.586. The molecule has 1 aliphatic rings. The third-order valence-corrected chi connectivity index (χ3v) is 6.12. The Balaban J connectivity index is 1.37. The lowest BCUT2D eigenvalue weighted by molar-refractivity contribution is 0.251. The van der Waals surface area contributed by atoms with Gasteiger partial charge in [0.15, 0.2) is 11.6 Å². The SMILES string of the molecule is O=C(Nc1ccc(Oc2ccnc3cc(-c4ccc(CO)cn4)sc23)c(F)c1)NC1CC1. The number of hydrogen-bond donors (Lipinski definition) is 3. The van der Waals surface area contributed by atoms with Crippen LogP contribution in [0.2, 0.25) is 0 Å². The number of amides is 2. The van der Waals surface area contributed by atoms with E-state index in [0.29, 0.717) is 17.0 Å². The lowest BCUT2D eigenvalue weighted by Crippen LogP contribution is -2.30. The van der Waals surface area contributed by atoms with Gasteiger partial charge in [-0.2, -0.15) is 0 Å². The van der Waals surface area contributed by atoms with Gasteiger partial charge in [-0.25, -0.2) is 9.18 Å². The number of rotatable bonds is 6. The molecule has 4 aromatic rings. The molecular formula is C23H19FN4O3S. The topological polar surface area (TPSA) is 96.4 Å². The van der Waals surface area contributed by atoms with Crippen LogP contribution >= 0.6 is 11.3 Å². The quantitative estimate of drug-likeness (QED) is 0.381. The number of carbonyl (C=O) groups is 1. The maximum Gasteiger partial charge on any atom is 0.319 e. The first kappa shape index (κ1) is 20.3. The summed E-state index contributed by atoms with van der Waals surface area (Å²) < 4.78 is 21.3. The van der Waals surface area contributed by atoms with E-state index in [9.17, 15) is 14.3 Å². The van der Waals surface area contributed by atoms with Gasteiger partial charge >= 0.3 is 6.03 Å². The molecule has 3 N–H and O–H groups in total. The van der Waals surface area contributed by atoms with E-state index in [-0.39, 0.29) is 24.4 Å². The second kappa shape index (κ2) is 8.52. The van der Waals surface area contributed by atoms with Gasteiger partial charge in [-0.3, -0.25) is 9.97 Å². The van der Waals surface area contributed by atoms with Crippen LogP contribution in [0.4, 0.5) is 14.9 Å². The Morgan fingerprint density at radius 3 is 2.75 bits per heavy atom. The van der Waals surface area contributed by atoms with Crippen molar-refractivity contribution in [1.82, 2.24) is 15.3 Å². The van der Waals surface area contributed by atoms with E-state index in [4.69, 9.17) is 4.74 Å². The molecule has 1 aromatic carbocycles. The molecule has 0 atom stereocenters. The van der Waals surface area contributed by atoms with Crippen LogP contribution in [0.3, 0.4) is 0 Å². The summed E-state index contributed by atoms with van der Waals surface area (Å²) in [5.41, 5.74) is 2.55. The van der Waals surface area contributed by atoms with Gasteiger partial charge in [-0.05, 0) is 42.7 Å². The van der Waals surface area contributed by atoms with Crippen molar-refractivity contribution < 1.29 is 19.0 Å². The number of halogens is 1. The lowest BCUT2D eigenvalue weighted by atomic mass is 10.2. The molecule has 0 unspecified atom stereocenters. The summed E-state index contributed by atoms with van der Waals surface area (Å²) in [6, 6.07) is 11.4. The van der Waals surface area contributed by atoms with Crippen LogP contribution < -0.4 is 15.4 Å². The number of anilines is 1. The normalized spacial score (nSPS) is 13.2. The van der Waals surface area contributed by atoms with E-state index in [1.807, 2.05) is 18.2 Å². The van der Waals surface area contributed by atoms with E-state index in [2.05, 4.69) is 20.6 Å². The molecule has 162 valence electrons. The maximum atomic E-state index is 14.7. The molecule has 32 heavy (non-hydrogen) atoms. The Hall–Kier alpha value is -3.56. The highest BCUT2D eigenvalue weighted by atomic mass is 32.1. The Morgan fingerprint density at radius 2 is 2.03 bits per heavy atom. The lowest BCUT2D eigenvalue weighted by Gasteiger charge is -2.10. The second-order valence-corrected chi connectivity index (χ2v) is 8.52. The van der Waals surface area contributed by atoms with E-state index in [0.717, 1.165) is 33.7 Å². The van der Waals surface area contributed by atoms with Crippen LogP contribution in [-0.4, -0.2) is 27.1 Å². The van der Waals surface area contributed by atoms with Crippen molar-refractivity contribution in [1.29, 1.82) is 0 Å². The average Bonchev–Trinajstić information content (AvgIpc) is 3.49. The zero-order valence-corrected chi connectivity index (χ0v) is 17.7. The fourth-order valence-corrected chi connectivity index (χ4v) is 4.19. The van der Waals surface area contributed by atoms with Crippen molar-refractivity contribution in [3.8, 4) is 22.1 Å². The standard InChI is InChI=1S/C23H19FN4O3S/c24-16-9-15(28-23(30)27-14-2-3-14)4-6-19(16)31-20-7-8-25-18-10-21(32-22(18)20)17-5-1-13(12-29)11-26-17/h1,4-11,14,29H,2-3,12H2,(H2,27,28,30). The molecule has 1 fully saturated rings. The number of nitrogens with one attached hydrogen (secondary N) is 2. The minimum absolute atomic E-state index is 0.0472. The molecule has 5 rings (SSSR count). The zero-order chi connectivity index (χ0) is 22.1. The smallest absolute Gasteiger partial charge is 0.319 e. The van der Waals surface area contributed by atoms with Crippen LogP contribution in [0, 0.1) is 5.82 Å². The number of pyridine rings is 2. The van der Waals surface area contributed by atoms with E-state index in [1.165, 1.54) is 23.5 Å². The van der Waals surface area contributed by atoms with E-state index < -0.39 is 5.82 Å². The molecule has 3 aromatic heterocycles. The van der Waals surface area contributed by atoms with Gasteiger partial charge in [-0.1, -0.05) is 6.07 Å². The van der Waals surface area contributed by atoms with Gasteiger partial charge in [0.05, 0.1) is 27.4 Å². The van der Waals surface area contributed by atoms with Crippen molar-refractivity contribution >= 4 is 33.3 Å². The molecule has 0 radical (unpaired) electrons. The molecule has 0 spiro atoms. The van der Waals surface area contributed by atoms with Crippen LogP contribution in [0.1, 0.15) is 18.4 Å². The average molecular weight is 450 g/mol. The maximum absolute atomic E-state index is 14.7. The first-order valence-electron chi connectivity index (χ1n) is 10.1. The van der Waals surface area contributed by atoms with Crippen LogP contribution in [0.15, 0.2) is 54.9 Å². The molecule has 7 nitrogen and oxygen atoms in total. The number of aromatic nitrogens is 2. The first-order valence-corrected chi connectivity index (χ1v) is 10.9. The summed E-state index contributed by atoms with van der Waals surface area (Å²) in [6.07, 6.45) is 5.18. The highest BCUT2D eigenvalue weighted by molar-refractivity contribution is 7.22. The number of benzene rings is 1. The summed E-state index contributed by atoms with van der Waals surface area (Å²) in [6.45, 7) is -0.0652. The van der Waals surface area contributed by atoms with E-state index >= 15 is 0 Å². The highest BCUT2D eigenvalue weighted by Gasteiger charge is 2.23. The van der Waals surface area contributed by atoms with Crippen LogP contribution in [0.25, 0.3) is 20.8 Å². The number of fused-ring (bicyclic) bond motifs is 1. The van der Waals surface area contributed by atoms with Crippen molar-refractivity contribution in [2.24, 2.45) is 0 Å². The molecule has 0 aliphatic heterocycles. The fraction of sp³-hybridized carbons (Fsp3) is 0.174. The summed E-state index contributed by atoms with van der Waals surface area (Å²) in [7, 11) is 0. The molecular weight excluding hydrogens is 431 g/mol. The van der Waals surface area contributed by atoms with Gasteiger partial charge in [0.25, 0.3) is 0 Å². The molecule has 1 saturated carbocycles. The number of nitrogens with zero attached hydrogens (tertiary/aromatic N) is 2. The van der Waals surface area contributed by atoms with Gasteiger partial charge in [0.2, 0.25) is 0 Å². The van der Waals surface area contributed by atoms with E-state index in [1.54, 1.807) is 24.5 Å². The third-order valence-electron chi connectivity index (χ3n) is 4.96. The number of aliphatic hydroxyl groups excluding tert-OH is 1. The molecule has 9 heteroatoms. The van der Waals surface area contributed by atoms with Crippen molar-refractivity contribution in [3.05, 3.63) is 66.2 Å². The number of hydrogen-bond acceptors (Lipinski definition) is 6. The predicted octanol–water partition coefficient (Wildman–Crippen LogP) is 5.07. The number of ether oxygens (including phenoxy) is 1. The van der Waals surface area contributed by atoms with Crippen molar-refractivity contribution in [3.63, 3.8) is 0 Å². The van der Waals surface area contributed by atoms with Gasteiger partial charge in [0, 0.05) is 36.3 Å². The number of carbonyl (C=O) groups excluding carboxylic acids is 1. The van der Waals surface area contributed by atoms with Crippen LogP contribution in [-0.2, 0) is 6.61 Å². The highest BCUT2D eigenvalue weighted by Crippen LogP contribution is 2.39. The third kappa shape index (κ3) is 4.39. The van der Waals surface area contributed by atoms with Crippen molar-refractivity contribution in [2.75, 3.05) is 5.32 Å². The number of thiophene rings is 1. The Labute approximate surface area is 186 Å². The summed E-state index contributed by atoms with van der Waals surface area (Å²) in [4.78, 5) is 21.5. The Bertz CT molecular complexity index is 1290.